The number of hydrogen-bond acceptors (Lipinski definition) is 3. The Morgan fingerprint density at radius 2 is 1.57 bits per heavy atom. The predicted octanol–water partition coefficient (Wildman–Crippen LogP) is 4.36. The summed E-state index contributed by atoms with van der Waals surface area (Å²) in [5, 5.41) is 3.12. The lowest BCUT2D eigenvalue weighted by Gasteiger charge is -2.25. The molecule has 2 fully saturated rings. The first-order chi connectivity index (χ1) is 14.1. The van der Waals surface area contributed by atoms with Crippen LogP contribution in [0.25, 0.3) is 0 Å². The smallest absolute Gasteiger partial charge is 0.233 e. The molecule has 1 aromatic carbocycles. The van der Waals surface area contributed by atoms with E-state index in [1.165, 1.54) is 10.5 Å². The third kappa shape index (κ3) is 4.76. The second-order valence-electron chi connectivity index (χ2n) is 10.2. The van der Waals surface area contributed by atoms with Gasteiger partial charge >= 0.3 is 0 Å². The number of carbonyl (C=O) groups is 3. The number of carbonyl (C=O) groups excluding carboxylic acids is 3. The average molecular weight is 413 g/mol. The molecule has 1 saturated heterocycles. The molecule has 1 aliphatic heterocycles. The maximum Gasteiger partial charge on any atom is 0.233 e. The van der Waals surface area contributed by atoms with E-state index in [1.807, 2.05) is 0 Å². The van der Waals surface area contributed by atoms with Crippen LogP contribution in [0, 0.1) is 17.8 Å². The van der Waals surface area contributed by atoms with Gasteiger partial charge in [-0.1, -0.05) is 71.7 Å². The molecular formula is C25H36N2O3. The summed E-state index contributed by atoms with van der Waals surface area (Å²) in [6.45, 7) is 10.9. The Morgan fingerprint density at radius 3 is 2.03 bits per heavy atom. The van der Waals surface area contributed by atoms with Gasteiger partial charge in [0.15, 0.2) is 0 Å². The highest BCUT2D eigenvalue weighted by molar-refractivity contribution is 6.05. The summed E-state index contributed by atoms with van der Waals surface area (Å²) in [4.78, 5) is 39.2. The average Bonchev–Trinajstić information content (AvgIpc) is 2.94. The van der Waals surface area contributed by atoms with Crippen LogP contribution in [0.15, 0.2) is 24.3 Å². The van der Waals surface area contributed by atoms with E-state index in [2.05, 4.69) is 64.2 Å². The van der Waals surface area contributed by atoms with Gasteiger partial charge in [-0.3, -0.25) is 19.3 Å². The van der Waals surface area contributed by atoms with E-state index in [1.54, 1.807) is 0 Å². The van der Waals surface area contributed by atoms with Gasteiger partial charge in [-0.05, 0) is 35.3 Å². The van der Waals surface area contributed by atoms with Crippen LogP contribution in [0.3, 0.4) is 0 Å². The lowest BCUT2D eigenvalue weighted by atomic mass is 9.81. The van der Waals surface area contributed by atoms with Crippen molar-refractivity contribution in [1.29, 1.82) is 0 Å². The highest BCUT2D eigenvalue weighted by Crippen LogP contribution is 2.38. The minimum atomic E-state index is -0.154. The molecule has 0 bridgehead atoms. The maximum atomic E-state index is 12.7. The van der Waals surface area contributed by atoms with Crippen molar-refractivity contribution < 1.29 is 14.4 Å². The van der Waals surface area contributed by atoms with Gasteiger partial charge in [0.1, 0.15) is 0 Å². The number of imide groups is 1. The zero-order valence-electron chi connectivity index (χ0n) is 19.0. The fourth-order valence-corrected chi connectivity index (χ4v) is 4.74. The Kier molecular flexibility index (Phi) is 6.68. The van der Waals surface area contributed by atoms with Gasteiger partial charge in [0, 0.05) is 13.0 Å². The quantitative estimate of drug-likeness (QED) is 0.706. The van der Waals surface area contributed by atoms with Gasteiger partial charge in [0.25, 0.3) is 0 Å². The van der Waals surface area contributed by atoms with Crippen molar-refractivity contribution in [2.45, 2.75) is 78.2 Å². The Morgan fingerprint density at radius 1 is 1.03 bits per heavy atom. The molecule has 1 aliphatic carbocycles. The van der Waals surface area contributed by atoms with E-state index >= 15 is 0 Å². The molecule has 0 unspecified atom stereocenters. The largest absolute Gasteiger partial charge is 0.349 e. The fraction of sp³-hybridized carbons (Fsp3) is 0.640. The fourth-order valence-electron chi connectivity index (χ4n) is 4.74. The van der Waals surface area contributed by atoms with E-state index in [0.717, 1.165) is 31.2 Å². The molecule has 1 heterocycles. The molecule has 0 spiro atoms. The van der Waals surface area contributed by atoms with E-state index in [0.29, 0.717) is 0 Å². The van der Waals surface area contributed by atoms with Gasteiger partial charge in [0.2, 0.25) is 17.7 Å². The predicted molar refractivity (Wildman–Crippen MR) is 118 cm³/mol. The van der Waals surface area contributed by atoms with Crippen LogP contribution in [0.5, 0.6) is 0 Å². The first kappa shape index (κ1) is 22.5. The minimum Gasteiger partial charge on any atom is -0.349 e. The molecule has 0 aromatic heterocycles. The lowest BCUT2D eigenvalue weighted by Crippen LogP contribution is -2.37. The molecule has 1 saturated carbocycles. The van der Waals surface area contributed by atoms with Crippen LogP contribution in [-0.2, 0) is 19.8 Å². The van der Waals surface area contributed by atoms with Crippen molar-refractivity contribution in [1.82, 2.24) is 10.2 Å². The van der Waals surface area contributed by atoms with Crippen LogP contribution < -0.4 is 5.32 Å². The Labute approximate surface area is 180 Å². The molecule has 30 heavy (non-hydrogen) atoms. The highest BCUT2D eigenvalue weighted by Gasteiger charge is 2.47. The Hall–Kier alpha value is -2.17. The van der Waals surface area contributed by atoms with Gasteiger partial charge in [-0.15, -0.1) is 0 Å². The van der Waals surface area contributed by atoms with Crippen molar-refractivity contribution in [2.24, 2.45) is 17.8 Å². The highest BCUT2D eigenvalue weighted by atomic mass is 16.2. The van der Waals surface area contributed by atoms with Crippen molar-refractivity contribution >= 4 is 17.7 Å². The normalized spacial score (nSPS) is 22.9. The number of nitrogens with one attached hydrogen (secondary N) is 1. The van der Waals surface area contributed by atoms with E-state index in [4.69, 9.17) is 0 Å². The molecule has 164 valence electrons. The SMILES string of the molecule is CC(C)[C@@H](NC(=O)CCN1C(=O)[C@H]2CCCC[C@@H]2C1=O)c1ccc(C(C)(C)C)cc1. The molecule has 1 N–H and O–H groups in total. The van der Waals surface area contributed by atoms with E-state index in [-0.39, 0.29) is 59.9 Å². The summed E-state index contributed by atoms with van der Waals surface area (Å²) >= 11 is 0. The zero-order chi connectivity index (χ0) is 22.1. The minimum absolute atomic E-state index is 0.0734. The number of benzene rings is 1. The molecule has 0 radical (unpaired) electrons. The van der Waals surface area contributed by atoms with Crippen LogP contribution in [0.1, 0.15) is 83.9 Å². The van der Waals surface area contributed by atoms with Crippen LogP contribution in [0.4, 0.5) is 0 Å². The molecule has 2 aliphatic rings. The molecule has 3 atom stereocenters. The van der Waals surface area contributed by atoms with Crippen molar-refractivity contribution in [2.75, 3.05) is 6.54 Å². The van der Waals surface area contributed by atoms with Crippen LogP contribution in [0.2, 0.25) is 0 Å². The third-order valence-electron chi connectivity index (χ3n) is 6.61. The topological polar surface area (TPSA) is 66.5 Å². The molecule has 3 amide bonds. The number of amides is 3. The zero-order valence-corrected chi connectivity index (χ0v) is 19.0. The monoisotopic (exact) mass is 412 g/mol. The molecule has 3 rings (SSSR count). The number of likely N-dealkylation sites (tertiary alicyclic amines) is 1. The second-order valence-corrected chi connectivity index (χ2v) is 10.2. The summed E-state index contributed by atoms with van der Waals surface area (Å²) in [6, 6.07) is 8.33. The van der Waals surface area contributed by atoms with Crippen LogP contribution >= 0.6 is 0 Å². The lowest BCUT2D eigenvalue weighted by molar-refractivity contribution is -0.140. The molecular weight excluding hydrogens is 376 g/mol. The number of nitrogens with zero attached hydrogens (tertiary/aromatic N) is 1. The van der Waals surface area contributed by atoms with E-state index < -0.39 is 0 Å². The summed E-state index contributed by atoms with van der Waals surface area (Å²) in [6.07, 6.45) is 3.78. The van der Waals surface area contributed by atoms with Crippen LogP contribution in [-0.4, -0.2) is 29.2 Å². The maximum absolute atomic E-state index is 12.7. The van der Waals surface area contributed by atoms with Crippen molar-refractivity contribution in [3.8, 4) is 0 Å². The Bertz CT molecular complexity index is 768. The van der Waals surface area contributed by atoms with Gasteiger partial charge in [0.05, 0.1) is 17.9 Å². The third-order valence-corrected chi connectivity index (χ3v) is 6.61. The molecule has 5 nitrogen and oxygen atoms in total. The standard InChI is InChI=1S/C25H36N2O3/c1-16(2)22(17-10-12-18(13-11-17)25(3,4)5)26-21(28)14-15-27-23(29)19-8-6-7-9-20(19)24(27)30/h10-13,16,19-20,22H,6-9,14-15H2,1-5H3,(H,26,28)/t19-,20-,22+/m0/s1. The Balaban J connectivity index is 1.61. The first-order valence-electron chi connectivity index (χ1n) is 11.3. The summed E-state index contributed by atoms with van der Waals surface area (Å²) in [5.41, 5.74) is 2.42. The number of hydrogen-bond donors (Lipinski definition) is 1. The molecule has 1 aromatic rings. The van der Waals surface area contributed by atoms with Gasteiger partial charge in [-0.25, -0.2) is 0 Å². The first-order valence-corrected chi connectivity index (χ1v) is 11.3. The summed E-state index contributed by atoms with van der Waals surface area (Å²) < 4.78 is 0. The molecule has 5 heteroatoms. The number of fused-ring (bicyclic) bond motifs is 1. The van der Waals surface area contributed by atoms with Gasteiger partial charge in [-0.2, -0.15) is 0 Å². The van der Waals surface area contributed by atoms with Gasteiger partial charge < -0.3 is 5.32 Å². The second kappa shape index (κ2) is 8.91. The summed E-state index contributed by atoms with van der Waals surface area (Å²) in [7, 11) is 0. The van der Waals surface area contributed by atoms with Crippen molar-refractivity contribution in [3.63, 3.8) is 0 Å². The number of rotatable bonds is 6. The summed E-state index contributed by atoms with van der Waals surface area (Å²) in [5.74, 6) is -0.346. The van der Waals surface area contributed by atoms with E-state index in [9.17, 15) is 14.4 Å². The van der Waals surface area contributed by atoms with Crippen molar-refractivity contribution in [3.05, 3.63) is 35.4 Å².